The van der Waals surface area contributed by atoms with Crippen molar-refractivity contribution < 1.29 is 8.42 Å². The number of benzene rings is 2. The molecule has 0 saturated heterocycles. The molecule has 0 saturated carbocycles. The summed E-state index contributed by atoms with van der Waals surface area (Å²) in [5, 5.41) is 18.0. The summed E-state index contributed by atoms with van der Waals surface area (Å²) in [6.45, 7) is 0. The number of nitrogens with one attached hydrogen (secondary N) is 1. The fourth-order valence-corrected chi connectivity index (χ4v) is 2.96. The van der Waals surface area contributed by atoms with E-state index in [-0.39, 0.29) is 21.7 Å². The van der Waals surface area contributed by atoms with Crippen LogP contribution in [0.15, 0.2) is 47.4 Å². The Labute approximate surface area is 122 Å². The van der Waals surface area contributed by atoms with E-state index < -0.39 is 10.0 Å². The average Bonchev–Trinajstić information content (AvgIpc) is 2.47. The maximum atomic E-state index is 12.3. The third kappa shape index (κ3) is 2.94. The molecule has 0 radical (unpaired) electrons. The predicted octanol–water partition coefficient (Wildman–Crippen LogP) is 1.81. The van der Waals surface area contributed by atoms with Gasteiger partial charge in [-0.25, -0.2) is 8.42 Å². The summed E-state index contributed by atoms with van der Waals surface area (Å²) in [5.41, 5.74) is 6.11. The normalized spacial score (nSPS) is 10.4. The summed E-state index contributed by atoms with van der Waals surface area (Å²) in [4.78, 5) is -0.188. The van der Waals surface area contributed by atoms with Crippen molar-refractivity contribution in [1.29, 1.82) is 10.5 Å². The maximum Gasteiger partial charge on any atom is 0.263 e. The smallest absolute Gasteiger partial charge is 0.263 e. The fourth-order valence-electron chi connectivity index (χ4n) is 1.74. The van der Waals surface area contributed by atoms with Crippen molar-refractivity contribution in [3.63, 3.8) is 0 Å². The number of rotatable bonds is 3. The van der Waals surface area contributed by atoms with Crippen LogP contribution < -0.4 is 10.5 Å². The Kier molecular flexibility index (Phi) is 3.79. The molecular formula is C14H10N4O2S. The van der Waals surface area contributed by atoms with Gasteiger partial charge in [-0.15, -0.1) is 0 Å². The fraction of sp³-hybridized carbons (Fsp3) is 0. The Hall–Kier alpha value is -3.03. The Morgan fingerprint density at radius 3 is 2.33 bits per heavy atom. The van der Waals surface area contributed by atoms with Crippen LogP contribution in [0.4, 0.5) is 11.4 Å². The van der Waals surface area contributed by atoms with Crippen LogP contribution in [0.1, 0.15) is 11.1 Å². The minimum absolute atomic E-state index is 0.0584. The summed E-state index contributed by atoms with van der Waals surface area (Å²) in [5.74, 6) is 0. The van der Waals surface area contributed by atoms with Gasteiger partial charge in [0, 0.05) is 5.69 Å². The number of nitriles is 2. The van der Waals surface area contributed by atoms with E-state index in [0.29, 0.717) is 5.69 Å². The quantitative estimate of drug-likeness (QED) is 0.837. The number of hydrogen-bond acceptors (Lipinski definition) is 5. The first kappa shape index (κ1) is 14.4. The maximum absolute atomic E-state index is 12.3. The predicted molar refractivity (Wildman–Crippen MR) is 77.5 cm³/mol. The molecule has 0 aliphatic rings. The topological polar surface area (TPSA) is 120 Å². The Morgan fingerprint density at radius 1 is 1.00 bits per heavy atom. The van der Waals surface area contributed by atoms with Crippen molar-refractivity contribution in [1.82, 2.24) is 0 Å². The molecule has 104 valence electrons. The second kappa shape index (κ2) is 5.53. The zero-order valence-electron chi connectivity index (χ0n) is 10.7. The second-order valence-electron chi connectivity index (χ2n) is 4.13. The molecule has 0 unspecified atom stereocenters. The van der Waals surface area contributed by atoms with Gasteiger partial charge in [0.25, 0.3) is 10.0 Å². The van der Waals surface area contributed by atoms with Crippen molar-refractivity contribution in [2.75, 3.05) is 10.5 Å². The van der Waals surface area contributed by atoms with Crippen LogP contribution in [-0.2, 0) is 10.0 Å². The van der Waals surface area contributed by atoms with E-state index >= 15 is 0 Å². The standard InChI is InChI=1S/C14H10N4O2S/c15-8-10-3-1-2-4-13(10)18-21(19,20)14-6-5-12(17)7-11(14)9-16/h1-7,18H,17H2. The lowest BCUT2D eigenvalue weighted by Crippen LogP contribution is -2.15. The lowest BCUT2D eigenvalue weighted by molar-refractivity contribution is 0.601. The first-order chi connectivity index (χ1) is 9.97. The van der Waals surface area contributed by atoms with Gasteiger partial charge in [0.05, 0.1) is 16.8 Å². The van der Waals surface area contributed by atoms with Gasteiger partial charge in [-0.2, -0.15) is 10.5 Å². The van der Waals surface area contributed by atoms with Crippen LogP contribution in [-0.4, -0.2) is 8.42 Å². The summed E-state index contributed by atoms with van der Waals surface area (Å²) >= 11 is 0. The van der Waals surface area contributed by atoms with Crippen molar-refractivity contribution in [3.05, 3.63) is 53.6 Å². The van der Waals surface area contributed by atoms with Crippen molar-refractivity contribution in [3.8, 4) is 12.1 Å². The molecule has 2 aromatic carbocycles. The average molecular weight is 298 g/mol. The second-order valence-corrected chi connectivity index (χ2v) is 5.78. The SMILES string of the molecule is N#Cc1ccccc1NS(=O)(=O)c1ccc(N)cc1C#N. The van der Waals surface area contributed by atoms with Crippen molar-refractivity contribution in [2.24, 2.45) is 0 Å². The number of anilines is 2. The minimum Gasteiger partial charge on any atom is -0.399 e. The summed E-state index contributed by atoms with van der Waals surface area (Å²) in [7, 11) is -3.98. The number of para-hydroxylation sites is 1. The van der Waals surface area contributed by atoms with Crippen LogP contribution in [0.5, 0.6) is 0 Å². The van der Waals surface area contributed by atoms with Gasteiger partial charge in [0.2, 0.25) is 0 Å². The third-order valence-electron chi connectivity index (χ3n) is 2.71. The van der Waals surface area contributed by atoms with Crippen LogP contribution in [0.3, 0.4) is 0 Å². The Balaban J connectivity index is 2.50. The molecule has 0 aliphatic carbocycles. The van der Waals surface area contributed by atoms with E-state index in [1.165, 1.54) is 30.3 Å². The van der Waals surface area contributed by atoms with E-state index in [4.69, 9.17) is 16.3 Å². The van der Waals surface area contributed by atoms with Crippen LogP contribution in [0.25, 0.3) is 0 Å². The number of sulfonamides is 1. The molecule has 3 N–H and O–H groups in total. The molecule has 0 aromatic heterocycles. The lowest BCUT2D eigenvalue weighted by Gasteiger charge is -2.10. The van der Waals surface area contributed by atoms with Crippen molar-refractivity contribution >= 4 is 21.4 Å². The zero-order valence-corrected chi connectivity index (χ0v) is 11.6. The summed E-state index contributed by atoms with van der Waals surface area (Å²) in [6, 6.07) is 13.8. The first-order valence-electron chi connectivity index (χ1n) is 5.79. The Morgan fingerprint density at radius 2 is 1.67 bits per heavy atom. The molecule has 0 heterocycles. The number of nitrogens with zero attached hydrogens (tertiary/aromatic N) is 2. The molecule has 0 spiro atoms. The van der Waals surface area contributed by atoms with E-state index in [1.54, 1.807) is 18.2 Å². The molecule has 2 rings (SSSR count). The summed E-state index contributed by atoms with van der Waals surface area (Å²) in [6.07, 6.45) is 0. The molecule has 7 heteroatoms. The molecule has 0 amide bonds. The van der Waals surface area contributed by atoms with E-state index in [9.17, 15) is 8.42 Å². The van der Waals surface area contributed by atoms with E-state index in [0.717, 1.165) is 0 Å². The van der Waals surface area contributed by atoms with E-state index in [2.05, 4.69) is 4.72 Å². The van der Waals surface area contributed by atoms with Gasteiger partial charge in [-0.1, -0.05) is 12.1 Å². The van der Waals surface area contributed by atoms with Crippen LogP contribution in [0, 0.1) is 22.7 Å². The van der Waals surface area contributed by atoms with Gasteiger partial charge >= 0.3 is 0 Å². The molecule has 21 heavy (non-hydrogen) atoms. The van der Waals surface area contributed by atoms with Gasteiger partial charge in [0.15, 0.2) is 0 Å². The summed E-state index contributed by atoms with van der Waals surface area (Å²) < 4.78 is 27.0. The number of nitrogens with two attached hydrogens (primary N) is 1. The largest absolute Gasteiger partial charge is 0.399 e. The van der Waals surface area contributed by atoms with E-state index in [1.807, 2.05) is 6.07 Å². The highest BCUT2D eigenvalue weighted by molar-refractivity contribution is 7.92. The third-order valence-corrected chi connectivity index (χ3v) is 4.13. The monoisotopic (exact) mass is 298 g/mol. The molecule has 0 atom stereocenters. The minimum atomic E-state index is -3.98. The molecule has 0 fully saturated rings. The first-order valence-corrected chi connectivity index (χ1v) is 7.28. The van der Waals surface area contributed by atoms with Gasteiger partial charge < -0.3 is 5.73 Å². The molecule has 0 bridgehead atoms. The Bertz CT molecular complexity index is 877. The molecule has 0 aliphatic heterocycles. The molecular weight excluding hydrogens is 288 g/mol. The molecule has 6 nitrogen and oxygen atoms in total. The zero-order chi connectivity index (χ0) is 15.5. The van der Waals surface area contributed by atoms with Crippen molar-refractivity contribution in [2.45, 2.75) is 4.90 Å². The number of nitrogen functional groups attached to an aromatic ring is 1. The highest BCUT2D eigenvalue weighted by Crippen LogP contribution is 2.23. The highest BCUT2D eigenvalue weighted by atomic mass is 32.2. The van der Waals surface area contributed by atoms with Gasteiger partial charge in [-0.3, -0.25) is 4.72 Å². The van der Waals surface area contributed by atoms with Crippen LogP contribution >= 0.6 is 0 Å². The lowest BCUT2D eigenvalue weighted by atomic mass is 10.2. The molecule has 2 aromatic rings. The van der Waals surface area contributed by atoms with Crippen LogP contribution in [0.2, 0.25) is 0 Å². The van der Waals surface area contributed by atoms with Gasteiger partial charge in [0.1, 0.15) is 17.0 Å². The number of hydrogen-bond donors (Lipinski definition) is 2. The van der Waals surface area contributed by atoms with Gasteiger partial charge in [-0.05, 0) is 30.3 Å². The highest BCUT2D eigenvalue weighted by Gasteiger charge is 2.20.